The van der Waals surface area contributed by atoms with Gasteiger partial charge in [0, 0.05) is 25.4 Å². The maximum absolute atomic E-state index is 14.2. The zero-order chi connectivity index (χ0) is 32.8. The lowest BCUT2D eigenvalue weighted by Gasteiger charge is -2.26. The number of nitrogens with zero attached hydrogens (tertiary/aromatic N) is 3. The summed E-state index contributed by atoms with van der Waals surface area (Å²) in [7, 11) is 0. The van der Waals surface area contributed by atoms with Gasteiger partial charge in [-0.15, -0.1) is 0 Å². The number of aromatic nitrogens is 2. The van der Waals surface area contributed by atoms with E-state index in [1.165, 1.54) is 22.6 Å². The Kier molecular flexibility index (Phi) is 9.70. The summed E-state index contributed by atoms with van der Waals surface area (Å²) in [6, 6.07) is 17.4. The molecule has 2 heterocycles. The standard InChI is InChI=1S/C33H28F4N4O5/c1-20-30(41-14-6-11-29(31(41)38-20)46-19-24-25(34)9-5-10-26(24)35)32(42)39-22(18-45-23-12-13-27(36)28(37)15-23)17-40(33(43)44)16-21-7-3-2-4-8-21/h2-15,22H,16-19H2,1H3,(H,39,42)(H,43,44). The number of carbonyl (C=O) groups excluding carboxylic acids is 1. The van der Waals surface area contributed by atoms with Crippen molar-refractivity contribution >= 4 is 17.6 Å². The zero-order valence-electron chi connectivity index (χ0n) is 24.4. The Morgan fingerprint density at radius 3 is 2.35 bits per heavy atom. The number of nitrogens with one attached hydrogen (secondary N) is 1. The monoisotopic (exact) mass is 636 g/mol. The summed E-state index contributed by atoms with van der Waals surface area (Å²) >= 11 is 0. The summed E-state index contributed by atoms with van der Waals surface area (Å²) in [4.78, 5) is 31.4. The van der Waals surface area contributed by atoms with Gasteiger partial charge in [0.1, 0.15) is 36.3 Å². The van der Waals surface area contributed by atoms with Crippen LogP contribution in [0, 0.1) is 30.2 Å². The number of carbonyl (C=O) groups is 2. The minimum absolute atomic E-state index is 0.00562. The molecule has 1 unspecified atom stereocenters. The van der Waals surface area contributed by atoms with Gasteiger partial charge < -0.3 is 24.8 Å². The van der Waals surface area contributed by atoms with E-state index >= 15 is 0 Å². The molecule has 5 rings (SSSR count). The van der Waals surface area contributed by atoms with E-state index in [0.29, 0.717) is 5.56 Å². The molecule has 9 nitrogen and oxygen atoms in total. The number of halogens is 4. The first kappa shape index (κ1) is 31.8. The molecule has 0 bridgehead atoms. The molecule has 5 aromatic rings. The van der Waals surface area contributed by atoms with Crippen LogP contribution in [0.3, 0.4) is 0 Å². The average molecular weight is 637 g/mol. The topological polar surface area (TPSA) is 105 Å². The van der Waals surface area contributed by atoms with E-state index in [2.05, 4.69) is 10.3 Å². The summed E-state index contributed by atoms with van der Waals surface area (Å²) in [5.74, 6) is -4.26. The number of ether oxygens (including phenoxy) is 2. The van der Waals surface area contributed by atoms with Gasteiger partial charge in [-0.25, -0.2) is 27.3 Å². The van der Waals surface area contributed by atoms with Crippen molar-refractivity contribution in [1.29, 1.82) is 0 Å². The molecule has 1 atom stereocenters. The van der Waals surface area contributed by atoms with Crippen LogP contribution in [0.15, 0.2) is 85.1 Å². The number of rotatable bonds is 12. The first-order chi connectivity index (χ1) is 22.1. The number of aryl methyl sites for hydroxylation is 1. The number of imidazole rings is 1. The van der Waals surface area contributed by atoms with Crippen molar-refractivity contribution in [1.82, 2.24) is 19.6 Å². The molecule has 13 heteroatoms. The SMILES string of the molecule is Cc1nc2c(OCc3c(F)cccc3F)cccn2c1C(=O)NC(COc1ccc(F)c(F)c1)CN(Cc1ccccc1)C(=O)O. The highest BCUT2D eigenvalue weighted by molar-refractivity contribution is 5.95. The fourth-order valence-electron chi connectivity index (χ4n) is 4.80. The molecule has 0 aliphatic carbocycles. The summed E-state index contributed by atoms with van der Waals surface area (Å²) in [5.41, 5.74) is 1.00. The molecule has 0 radical (unpaired) electrons. The predicted molar refractivity (Wildman–Crippen MR) is 159 cm³/mol. The number of pyridine rings is 1. The molecular weight excluding hydrogens is 608 g/mol. The van der Waals surface area contributed by atoms with E-state index in [1.807, 2.05) is 0 Å². The van der Waals surface area contributed by atoms with Gasteiger partial charge in [0.25, 0.3) is 5.91 Å². The van der Waals surface area contributed by atoms with Gasteiger partial charge in [-0.05, 0) is 48.9 Å². The lowest BCUT2D eigenvalue weighted by Crippen LogP contribution is -2.48. The molecule has 0 aliphatic heterocycles. The second kappa shape index (κ2) is 14.0. The number of hydrogen-bond acceptors (Lipinski definition) is 5. The highest BCUT2D eigenvalue weighted by Crippen LogP contribution is 2.24. The van der Waals surface area contributed by atoms with Crippen LogP contribution in [-0.4, -0.2) is 50.6 Å². The molecule has 2 aromatic heterocycles. The maximum atomic E-state index is 14.2. The first-order valence-corrected chi connectivity index (χ1v) is 14.0. The van der Waals surface area contributed by atoms with Gasteiger partial charge in [-0.3, -0.25) is 9.20 Å². The van der Waals surface area contributed by atoms with E-state index in [1.54, 1.807) is 49.5 Å². The number of hydrogen-bond donors (Lipinski definition) is 2. The average Bonchev–Trinajstić information content (AvgIpc) is 3.37. The molecule has 3 aromatic carbocycles. The quantitative estimate of drug-likeness (QED) is 0.160. The third-order valence-corrected chi connectivity index (χ3v) is 7.04. The second-order valence-corrected chi connectivity index (χ2v) is 10.3. The summed E-state index contributed by atoms with van der Waals surface area (Å²) in [6.45, 7) is 0.632. The Morgan fingerprint density at radius 2 is 1.65 bits per heavy atom. The Morgan fingerprint density at radius 1 is 0.913 bits per heavy atom. The van der Waals surface area contributed by atoms with Gasteiger partial charge >= 0.3 is 6.09 Å². The largest absolute Gasteiger partial charge is 0.491 e. The van der Waals surface area contributed by atoms with Gasteiger partial charge in [0.15, 0.2) is 23.0 Å². The van der Waals surface area contributed by atoms with Crippen LogP contribution in [0.5, 0.6) is 11.5 Å². The summed E-state index contributed by atoms with van der Waals surface area (Å²) < 4.78 is 68.3. The third kappa shape index (κ3) is 7.37. The van der Waals surface area contributed by atoms with Crippen LogP contribution in [0.25, 0.3) is 5.65 Å². The van der Waals surface area contributed by atoms with E-state index in [9.17, 15) is 32.3 Å². The van der Waals surface area contributed by atoms with Gasteiger partial charge in [-0.2, -0.15) is 0 Å². The Bertz CT molecular complexity index is 1850. The first-order valence-electron chi connectivity index (χ1n) is 14.0. The number of benzene rings is 3. The number of fused-ring (bicyclic) bond motifs is 1. The fraction of sp³-hybridized carbons (Fsp3) is 0.182. The highest BCUT2D eigenvalue weighted by atomic mass is 19.2. The van der Waals surface area contributed by atoms with Crippen molar-refractivity contribution in [2.75, 3.05) is 13.2 Å². The van der Waals surface area contributed by atoms with Crippen LogP contribution >= 0.6 is 0 Å². The predicted octanol–water partition coefficient (Wildman–Crippen LogP) is 6.14. The molecule has 2 amide bonds. The smallest absolute Gasteiger partial charge is 0.407 e. The van der Waals surface area contributed by atoms with E-state index in [-0.39, 0.29) is 53.8 Å². The van der Waals surface area contributed by atoms with Crippen LogP contribution < -0.4 is 14.8 Å². The lowest BCUT2D eigenvalue weighted by molar-refractivity contribution is 0.0881. The van der Waals surface area contributed by atoms with Crippen molar-refractivity contribution in [3.8, 4) is 11.5 Å². The Hall–Kier alpha value is -5.59. The molecule has 0 aliphatic rings. The maximum Gasteiger partial charge on any atom is 0.407 e. The molecule has 2 N–H and O–H groups in total. The second-order valence-electron chi connectivity index (χ2n) is 10.3. The van der Waals surface area contributed by atoms with Crippen molar-refractivity contribution in [3.05, 3.63) is 131 Å². The van der Waals surface area contributed by atoms with Crippen molar-refractivity contribution in [2.24, 2.45) is 0 Å². The van der Waals surface area contributed by atoms with E-state index in [4.69, 9.17) is 9.47 Å². The lowest BCUT2D eigenvalue weighted by atomic mass is 10.2. The normalized spacial score (nSPS) is 11.7. The van der Waals surface area contributed by atoms with Gasteiger partial charge in [0.05, 0.1) is 17.3 Å². The Labute approximate surface area is 260 Å². The number of carboxylic acid groups (broad SMARTS) is 1. The Balaban J connectivity index is 1.39. The molecule has 0 saturated heterocycles. The number of amides is 2. The van der Waals surface area contributed by atoms with Gasteiger partial charge in [-0.1, -0.05) is 36.4 Å². The molecular formula is C33H28F4N4O5. The molecule has 0 saturated carbocycles. The highest BCUT2D eigenvalue weighted by Gasteiger charge is 2.25. The minimum atomic E-state index is -1.25. The molecule has 0 fully saturated rings. The third-order valence-electron chi connectivity index (χ3n) is 7.04. The van der Waals surface area contributed by atoms with Gasteiger partial charge in [0.2, 0.25) is 0 Å². The molecule has 46 heavy (non-hydrogen) atoms. The van der Waals surface area contributed by atoms with Crippen LogP contribution in [0.1, 0.15) is 27.3 Å². The summed E-state index contributed by atoms with van der Waals surface area (Å²) in [5, 5.41) is 12.7. The minimum Gasteiger partial charge on any atom is -0.491 e. The van der Waals surface area contributed by atoms with Crippen molar-refractivity contribution < 1.29 is 41.7 Å². The molecule has 0 spiro atoms. The van der Waals surface area contributed by atoms with Crippen molar-refractivity contribution in [3.63, 3.8) is 0 Å². The van der Waals surface area contributed by atoms with Crippen LogP contribution in [-0.2, 0) is 13.2 Å². The van der Waals surface area contributed by atoms with Crippen molar-refractivity contribution in [2.45, 2.75) is 26.1 Å². The molecule has 238 valence electrons. The van der Waals surface area contributed by atoms with E-state index in [0.717, 1.165) is 29.2 Å². The fourth-order valence-corrected chi connectivity index (χ4v) is 4.80. The summed E-state index contributed by atoms with van der Waals surface area (Å²) in [6.07, 6.45) is 0.294. The van der Waals surface area contributed by atoms with Crippen LogP contribution in [0.4, 0.5) is 22.4 Å². The van der Waals surface area contributed by atoms with Crippen LogP contribution in [0.2, 0.25) is 0 Å². The zero-order valence-corrected chi connectivity index (χ0v) is 24.4. The van der Waals surface area contributed by atoms with E-state index < -0.39 is 47.9 Å².